The molecular formula is C16H14F2N4O6. The minimum Gasteiger partial charge on any atom is -0.435 e. The van der Waals surface area contributed by atoms with Crippen molar-refractivity contribution in [3.8, 4) is 5.75 Å². The summed E-state index contributed by atoms with van der Waals surface area (Å²) in [5.74, 6) is -1.88. The van der Waals surface area contributed by atoms with Gasteiger partial charge >= 0.3 is 6.61 Å². The second-order valence-corrected chi connectivity index (χ2v) is 5.47. The fourth-order valence-electron chi connectivity index (χ4n) is 2.21. The van der Waals surface area contributed by atoms with Gasteiger partial charge in [-0.15, -0.1) is 0 Å². The number of alkyl halides is 2. The van der Waals surface area contributed by atoms with Crippen LogP contribution < -0.4 is 21.3 Å². The van der Waals surface area contributed by atoms with Gasteiger partial charge in [-0.25, -0.2) is 0 Å². The summed E-state index contributed by atoms with van der Waals surface area (Å²) in [6.45, 7) is -3.54. The average Bonchev–Trinajstić information content (AvgIpc) is 2.62. The summed E-state index contributed by atoms with van der Waals surface area (Å²) < 4.78 is 29.1. The zero-order chi connectivity index (χ0) is 20.8. The van der Waals surface area contributed by atoms with E-state index in [1.54, 1.807) is 0 Å². The van der Waals surface area contributed by atoms with Crippen LogP contribution in [0.25, 0.3) is 0 Å². The van der Waals surface area contributed by atoms with Gasteiger partial charge in [0.25, 0.3) is 17.2 Å². The van der Waals surface area contributed by atoms with E-state index in [0.29, 0.717) is 10.1 Å². The number of nitro groups is 1. The van der Waals surface area contributed by atoms with Gasteiger partial charge in [0.2, 0.25) is 5.91 Å². The number of nitrogens with two attached hydrogens (primary N) is 1. The molecule has 0 radical (unpaired) electrons. The van der Waals surface area contributed by atoms with Crippen molar-refractivity contribution in [3.05, 3.63) is 68.1 Å². The van der Waals surface area contributed by atoms with Crippen molar-refractivity contribution in [1.29, 1.82) is 0 Å². The number of nitrogens with zero attached hydrogens (tertiary/aromatic N) is 2. The van der Waals surface area contributed by atoms with E-state index in [1.807, 2.05) is 0 Å². The third-order valence-corrected chi connectivity index (χ3v) is 3.50. The zero-order valence-corrected chi connectivity index (χ0v) is 14.1. The molecule has 0 aliphatic heterocycles. The van der Waals surface area contributed by atoms with Crippen LogP contribution in [-0.2, 0) is 17.9 Å². The fraction of sp³-hybridized carbons (Fsp3) is 0.188. The van der Waals surface area contributed by atoms with Gasteiger partial charge in [0.15, 0.2) is 0 Å². The second kappa shape index (κ2) is 8.70. The molecule has 0 unspecified atom stereocenters. The number of hydrogen-bond acceptors (Lipinski definition) is 6. The van der Waals surface area contributed by atoms with E-state index in [2.05, 4.69) is 10.1 Å². The van der Waals surface area contributed by atoms with Crippen molar-refractivity contribution in [3.63, 3.8) is 0 Å². The van der Waals surface area contributed by atoms with Gasteiger partial charge in [0.1, 0.15) is 17.9 Å². The molecular weight excluding hydrogens is 382 g/mol. The van der Waals surface area contributed by atoms with Gasteiger partial charge < -0.3 is 15.8 Å². The van der Waals surface area contributed by atoms with Crippen molar-refractivity contribution in [2.75, 3.05) is 0 Å². The first kappa shape index (κ1) is 20.5. The third kappa shape index (κ3) is 5.33. The van der Waals surface area contributed by atoms with Crippen LogP contribution in [0.3, 0.4) is 0 Å². The molecule has 0 atom stereocenters. The summed E-state index contributed by atoms with van der Waals surface area (Å²) in [6, 6.07) is 6.21. The number of ether oxygens (including phenoxy) is 1. The lowest BCUT2D eigenvalue weighted by molar-refractivity contribution is -0.385. The predicted molar refractivity (Wildman–Crippen MR) is 90.8 cm³/mol. The lowest BCUT2D eigenvalue weighted by atomic mass is 10.2. The van der Waals surface area contributed by atoms with E-state index in [9.17, 15) is 33.3 Å². The van der Waals surface area contributed by atoms with Crippen LogP contribution in [0.2, 0.25) is 0 Å². The Hall–Kier alpha value is -3.83. The van der Waals surface area contributed by atoms with E-state index < -0.39 is 46.7 Å². The summed E-state index contributed by atoms with van der Waals surface area (Å²) in [4.78, 5) is 45.5. The number of carbonyl (C=O) groups is 2. The summed E-state index contributed by atoms with van der Waals surface area (Å²) >= 11 is 0. The molecule has 148 valence electrons. The van der Waals surface area contributed by atoms with E-state index in [1.165, 1.54) is 24.3 Å². The minimum atomic E-state index is -2.95. The Morgan fingerprint density at radius 3 is 2.46 bits per heavy atom. The van der Waals surface area contributed by atoms with E-state index in [0.717, 1.165) is 12.3 Å². The lowest BCUT2D eigenvalue weighted by Gasteiger charge is -2.09. The topological polar surface area (TPSA) is 147 Å². The Balaban J connectivity index is 2.07. The molecule has 0 bridgehead atoms. The number of halogens is 2. The lowest BCUT2D eigenvalue weighted by Crippen LogP contribution is -2.35. The molecule has 0 aliphatic carbocycles. The maximum absolute atomic E-state index is 12.1. The number of benzene rings is 1. The van der Waals surface area contributed by atoms with Gasteiger partial charge in [0, 0.05) is 12.6 Å². The highest BCUT2D eigenvalue weighted by Crippen LogP contribution is 2.15. The van der Waals surface area contributed by atoms with Crippen LogP contribution in [0, 0.1) is 10.1 Å². The van der Waals surface area contributed by atoms with Crippen molar-refractivity contribution in [2.45, 2.75) is 19.7 Å². The molecule has 1 aromatic heterocycles. The van der Waals surface area contributed by atoms with Crippen molar-refractivity contribution in [1.82, 2.24) is 9.88 Å². The smallest absolute Gasteiger partial charge is 0.387 e. The number of primary amides is 1. The molecule has 28 heavy (non-hydrogen) atoms. The maximum Gasteiger partial charge on any atom is 0.387 e. The fourth-order valence-corrected chi connectivity index (χ4v) is 2.21. The first-order valence-electron chi connectivity index (χ1n) is 7.66. The standard InChI is InChI=1S/C16H14F2N4O6/c17-16(18)28-11-3-1-9(2-4-11)6-20-13(23)8-21-7-10(22(26)27)5-12(14(19)24)15(21)25/h1-5,7,16H,6,8H2,(H2,19,24)(H,20,23). The largest absolute Gasteiger partial charge is 0.435 e. The number of amides is 2. The van der Waals surface area contributed by atoms with Crippen LogP contribution in [0.1, 0.15) is 15.9 Å². The van der Waals surface area contributed by atoms with Crippen molar-refractivity contribution >= 4 is 17.5 Å². The van der Waals surface area contributed by atoms with Crippen LogP contribution >= 0.6 is 0 Å². The Morgan fingerprint density at radius 1 is 1.29 bits per heavy atom. The molecule has 10 nitrogen and oxygen atoms in total. The zero-order valence-electron chi connectivity index (χ0n) is 14.1. The van der Waals surface area contributed by atoms with E-state index in [4.69, 9.17) is 5.73 Å². The van der Waals surface area contributed by atoms with Gasteiger partial charge in [-0.3, -0.25) is 29.1 Å². The number of hydrogen-bond donors (Lipinski definition) is 2. The quantitative estimate of drug-likeness (QED) is 0.498. The Kier molecular flexibility index (Phi) is 6.37. The van der Waals surface area contributed by atoms with Crippen LogP contribution in [-0.4, -0.2) is 27.9 Å². The molecule has 2 rings (SSSR count). The highest BCUT2D eigenvalue weighted by molar-refractivity contribution is 5.93. The summed E-state index contributed by atoms with van der Waals surface area (Å²) in [6.07, 6.45) is 0.824. The first-order valence-corrected chi connectivity index (χ1v) is 7.66. The molecule has 0 spiro atoms. The normalized spacial score (nSPS) is 10.5. The molecule has 0 aliphatic rings. The number of carbonyl (C=O) groups excluding carboxylic acids is 2. The summed E-state index contributed by atoms with van der Waals surface area (Å²) in [7, 11) is 0. The number of aromatic nitrogens is 1. The van der Waals surface area contributed by atoms with Crippen molar-refractivity contribution < 1.29 is 28.0 Å². The molecule has 0 saturated carbocycles. The summed E-state index contributed by atoms with van der Waals surface area (Å²) in [5, 5.41) is 13.4. The van der Waals surface area contributed by atoms with Gasteiger partial charge in [-0.1, -0.05) is 12.1 Å². The maximum atomic E-state index is 12.1. The number of pyridine rings is 1. The van der Waals surface area contributed by atoms with Crippen molar-refractivity contribution in [2.24, 2.45) is 5.73 Å². The van der Waals surface area contributed by atoms with E-state index in [-0.39, 0.29) is 12.3 Å². The predicted octanol–water partition coefficient (Wildman–Crippen LogP) is 0.773. The first-order chi connectivity index (χ1) is 13.2. The molecule has 0 fully saturated rings. The van der Waals surface area contributed by atoms with Gasteiger partial charge in [-0.05, 0) is 17.7 Å². The van der Waals surface area contributed by atoms with Crippen LogP contribution in [0.5, 0.6) is 5.75 Å². The molecule has 0 saturated heterocycles. The van der Waals surface area contributed by atoms with Crippen LogP contribution in [0.4, 0.5) is 14.5 Å². The highest BCUT2D eigenvalue weighted by Gasteiger charge is 2.18. The molecule has 2 amide bonds. The summed E-state index contributed by atoms with van der Waals surface area (Å²) in [5.41, 5.74) is 3.45. The van der Waals surface area contributed by atoms with Gasteiger partial charge in [0.05, 0.1) is 11.1 Å². The molecule has 12 heteroatoms. The molecule has 1 heterocycles. The second-order valence-electron chi connectivity index (χ2n) is 5.47. The SMILES string of the molecule is NC(=O)c1cc([N+](=O)[O-])cn(CC(=O)NCc2ccc(OC(F)F)cc2)c1=O. The molecule has 2 aromatic rings. The Bertz CT molecular complexity index is 959. The molecule has 3 N–H and O–H groups in total. The molecule has 1 aromatic carbocycles. The van der Waals surface area contributed by atoms with Gasteiger partial charge in [-0.2, -0.15) is 8.78 Å². The third-order valence-electron chi connectivity index (χ3n) is 3.50. The monoisotopic (exact) mass is 396 g/mol. The minimum absolute atomic E-state index is 0.000145. The Morgan fingerprint density at radius 2 is 1.93 bits per heavy atom. The number of rotatable bonds is 8. The average molecular weight is 396 g/mol. The highest BCUT2D eigenvalue weighted by atomic mass is 19.3. The number of nitrogens with one attached hydrogen (secondary N) is 1. The van der Waals surface area contributed by atoms with Crippen LogP contribution in [0.15, 0.2) is 41.3 Å². The Labute approximate surface area is 155 Å². The van der Waals surface area contributed by atoms with E-state index >= 15 is 0 Å².